The first-order valence-corrected chi connectivity index (χ1v) is 6.20. The van der Waals surface area contributed by atoms with Crippen LogP contribution in [0.3, 0.4) is 0 Å². The molecule has 6 heteroatoms. The van der Waals surface area contributed by atoms with E-state index < -0.39 is 13.0 Å². The Hall–Kier alpha value is -1.56. The fourth-order valence-electron chi connectivity index (χ4n) is 1.85. The van der Waals surface area contributed by atoms with E-state index in [0.29, 0.717) is 24.7 Å². The third-order valence-electron chi connectivity index (χ3n) is 2.82. The van der Waals surface area contributed by atoms with Crippen LogP contribution in [-0.4, -0.2) is 32.4 Å². The maximum Gasteiger partial charge on any atom is 0.272 e. The predicted molar refractivity (Wildman–Crippen MR) is 66.8 cm³/mol. The third-order valence-corrected chi connectivity index (χ3v) is 2.82. The molecule has 19 heavy (non-hydrogen) atoms. The molecule has 4 nitrogen and oxygen atoms in total. The SMILES string of the molecule is Nc1ccc(OC2CCOCC2)cc1OCC(F)F. The van der Waals surface area contributed by atoms with E-state index in [2.05, 4.69) is 0 Å². The van der Waals surface area contributed by atoms with Gasteiger partial charge >= 0.3 is 0 Å². The molecule has 0 bridgehead atoms. The van der Waals surface area contributed by atoms with Crippen LogP contribution in [0.4, 0.5) is 14.5 Å². The standard InChI is InChI=1S/C13H17F2NO3/c14-13(15)8-18-12-7-10(1-2-11(12)16)19-9-3-5-17-6-4-9/h1-2,7,9,13H,3-6,8,16H2. The third kappa shape index (κ3) is 4.24. The van der Waals surface area contributed by atoms with Crippen LogP contribution in [0.25, 0.3) is 0 Å². The van der Waals surface area contributed by atoms with Gasteiger partial charge in [0.2, 0.25) is 0 Å². The molecule has 1 heterocycles. The first-order valence-electron chi connectivity index (χ1n) is 6.20. The van der Waals surface area contributed by atoms with Crippen molar-refractivity contribution in [1.82, 2.24) is 0 Å². The van der Waals surface area contributed by atoms with Gasteiger partial charge in [0.15, 0.2) is 0 Å². The van der Waals surface area contributed by atoms with Crippen molar-refractivity contribution in [2.75, 3.05) is 25.6 Å². The monoisotopic (exact) mass is 273 g/mol. The van der Waals surface area contributed by atoms with Crippen molar-refractivity contribution in [3.63, 3.8) is 0 Å². The molecule has 0 saturated carbocycles. The number of anilines is 1. The van der Waals surface area contributed by atoms with E-state index in [9.17, 15) is 8.78 Å². The first kappa shape index (κ1) is 13.9. The van der Waals surface area contributed by atoms with Crippen molar-refractivity contribution in [2.45, 2.75) is 25.4 Å². The molecule has 0 spiro atoms. The van der Waals surface area contributed by atoms with Gasteiger partial charge in [-0.15, -0.1) is 0 Å². The van der Waals surface area contributed by atoms with Crippen LogP contribution in [0, 0.1) is 0 Å². The zero-order chi connectivity index (χ0) is 13.7. The zero-order valence-electron chi connectivity index (χ0n) is 10.5. The number of halogens is 2. The number of hydrogen-bond acceptors (Lipinski definition) is 4. The van der Waals surface area contributed by atoms with Crippen LogP contribution in [-0.2, 0) is 4.74 Å². The average Bonchev–Trinajstić information content (AvgIpc) is 2.40. The molecular weight excluding hydrogens is 256 g/mol. The number of hydrogen-bond donors (Lipinski definition) is 1. The summed E-state index contributed by atoms with van der Waals surface area (Å²) in [7, 11) is 0. The van der Waals surface area contributed by atoms with Crippen molar-refractivity contribution >= 4 is 5.69 Å². The topological polar surface area (TPSA) is 53.7 Å². The van der Waals surface area contributed by atoms with E-state index in [1.54, 1.807) is 18.2 Å². The van der Waals surface area contributed by atoms with E-state index in [0.717, 1.165) is 12.8 Å². The van der Waals surface area contributed by atoms with Crippen molar-refractivity contribution in [1.29, 1.82) is 0 Å². The Morgan fingerprint density at radius 3 is 2.74 bits per heavy atom. The summed E-state index contributed by atoms with van der Waals surface area (Å²) in [6.45, 7) is 0.674. The van der Waals surface area contributed by atoms with Crippen molar-refractivity contribution in [3.05, 3.63) is 18.2 Å². The molecular formula is C13H17F2NO3. The van der Waals surface area contributed by atoms with Gasteiger partial charge in [0, 0.05) is 18.9 Å². The van der Waals surface area contributed by atoms with E-state index in [1.165, 1.54) is 0 Å². The van der Waals surface area contributed by atoms with Gasteiger partial charge in [-0.1, -0.05) is 0 Å². The number of rotatable bonds is 5. The lowest BCUT2D eigenvalue weighted by Crippen LogP contribution is -2.25. The van der Waals surface area contributed by atoms with Crippen LogP contribution >= 0.6 is 0 Å². The Labute approximate surface area is 110 Å². The summed E-state index contributed by atoms with van der Waals surface area (Å²) in [5, 5.41) is 0. The second-order valence-electron chi connectivity index (χ2n) is 4.33. The van der Waals surface area contributed by atoms with Gasteiger partial charge in [-0.05, 0) is 12.1 Å². The summed E-state index contributed by atoms with van der Waals surface area (Å²) in [6, 6.07) is 4.85. The highest BCUT2D eigenvalue weighted by molar-refractivity contribution is 5.55. The molecule has 1 fully saturated rings. The minimum absolute atomic E-state index is 0.0836. The van der Waals surface area contributed by atoms with Crippen LogP contribution < -0.4 is 15.2 Å². The minimum atomic E-state index is -2.53. The molecule has 1 aliphatic heterocycles. The molecule has 1 aromatic rings. The highest BCUT2D eigenvalue weighted by Crippen LogP contribution is 2.28. The highest BCUT2D eigenvalue weighted by Gasteiger charge is 2.16. The number of nitrogen functional groups attached to an aromatic ring is 1. The largest absolute Gasteiger partial charge is 0.490 e. The number of benzene rings is 1. The fraction of sp³-hybridized carbons (Fsp3) is 0.538. The molecule has 0 amide bonds. The smallest absolute Gasteiger partial charge is 0.272 e. The Bertz CT molecular complexity index is 409. The maximum absolute atomic E-state index is 12.1. The number of ether oxygens (including phenoxy) is 3. The molecule has 0 unspecified atom stereocenters. The average molecular weight is 273 g/mol. The Morgan fingerprint density at radius 1 is 1.32 bits per heavy atom. The molecule has 0 radical (unpaired) electrons. The summed E-state index contributed by atoms with van der Waals surface area (Å²) in [6.07, 6.45) is -0.811. The molecule has 0 aromatic heterocycles. The van der Waals surface area contributed by atoms with Gasteiger partial charge in [-0.3, -0.25) is 0 Å². The van der Waals surface area contributed by atoms with E-state index in [-0.39, 0.29) is 11.9 Å². The van der Waals surface area contributed by atoms with Crippen molar-refractivity contribution in [3.8, 4) is 11.5 Å². The molecule has 2 N–H and O–H groups in total. The number of nitrogens with two attached hydrogens (primary N) is 1. The molecule has 1 aliphatic rings. The number of alkyl halides is 2. The maximum atomic E-state index is 12.1. The quantitative estimate of drug-likeness (QED) is 0.837. The first-order chi connectivity index (χ1) is 9.15. The molecule has 0 atom stereocenters. The van der Waals surface area contributed by atoms with Gasteiger partial charge in [-0.2, -0.15) is 0 Å². The summed E-state index contributed by atoms with van der Waals surface area (Å²) in [4.78, 5) is 0. The van der Waals surface area contributed by atoms with Crippen LogP contribution in [0.15, 0.2) is 18.2 Å². The summed E-state index contributed by atoms with van der Waals surface area (Å²) >= 11 is 0. The lowest BCUT2D eigenvalue weighted by molar-refractivity contribution is 0.0253. The molecule has 0 aliphatic carbocycles. The lowest BCUT2D eigenvalue weighted by atomic mass is 10.1. The Balaban J connectivity index is 1.98. The zero-order valence-corrected chi connectivity index (χ0v) is 10.5. The van der Waals surface area contributed by atoms with Gasteiger partial charge in [0.25, 0.3) is 6.43 Å². The minimum Gasteiger partial charge on any atom is -0.490 e. The second kappa shape index (κ2) is 6.56. The second-order valence-corrected chi connectivity index (χ2v) is 4.33. The van der Waals surface area contributed by atoms with Crippen LogP contribution in [0.5, 0.6) is 11.5 Å². The highest BCUT2D eigenvalue weighted by atomic mass is 19.3. The molecule has 1 aromatic carbocycles. The van der Waals surface area contributed by atoms with Gasteiger partial charge in [-0.25, -0.2) is 8.78 Å². The van der Waals surface area contributed by atoms with Crippen LogP contribution in [0.2, 0.25) is 0 Å². The molecule has 106 valence electrons. The molecule has 1 saturated heterocycles. The summed E-state index contributed by atoms with van der Waals surface area (Å²) in [5.74, 6) is 0.801. The van der Waals surface area contributed by atoms with Crippen LogP contribution in [0.1, 0.15) is 12.8 Å². The van der Waals surface area contributed by atoms with Gasteiger partial charge in [0.1, 0.15) is 24.2 Å². The Kier molecular flexibility index (Phi) is 4.79. The van der Waals surface area contributed by atoms with E-state index >= 15 is 0 Å². The Morgan fingerprint density at radius 2 is 2.05 bits per heavy atom. The lowest BCUT2D eigenvalue weighted by Gasteiger charge is -2.23. The summed E-state index contributed by atoms with van der Waals surface area (Å²) in [5.41, 5.74) is 5.98. The normalized spacial score (nSPS) is 16.6. The summed E-state index contributed by atoms with van der Waals surface area (Å²) < 4.78 is 40.2. The van der Waals surface area contributed by atoms with Gasteiger partial charge < -0.3 is 19.9 Å². The van der Waals surface area contributed by atoms with E-state index in [1.807, 2.05) is 0 Å². The predicted octanol–water partition coefficient (Wildman–Crippen LogP) is 2.47. The van der Waals surface area contributed by atoms with E-state index in [4.69, 9.17) is 19.9 Å². The van der Waals surface area contributed by atoms with Crippen molar-refractivity contribution < 1.29 is 23.0 Å². The molecule has 2 rings (SSSR count). The van der Waals surface area contributed by atoms with Gasteiger partial charge in [0.05, 0.1) is 18.9 Å². The fourth-order valence-corrected chi connectivity index (χ4v) is 1.85. The van der Waals surface area contributed by atoms with Crippen molar-refractivity contribution in [2.24, 2.45) is 0 Å².